The van der Waals surface area contributed by atoms with E-state index < -0.39 is 0 Å². The Morgan fingerprint density at radius 2 is 2.05 bits per heavy atom. The van der Waals surface area contributed by atoms with Crippen LogP contribution in [0, 0.1) is 19.8 Å². The molecule has 0 radical (unpaired) electrons. The molecule has 2 N–H and O–H groups in total. The van der Waals surface area contributed by atoms with Crippen molar-refractivity contribution < 1.29 is 14.0 Å². The van der Waals surface area contributed by atoms with Gasteiger partial charge in [-0.05, 0) is 39.2 Å². The number of nitrogens with one attached hydrogen (secondary N) is 2. The average Bonchev–Trinajstić information content (AvgIpc) is 2.75. The molecule has 0 saturated carbocycles. The van der Waals surface area contributed by atoms with Crippen LogP contribution in [-0.4, -0.2) is 11.8 Å². The third-order valence-corrected chi connectivity index (χ3v) is 3.22. The second-order valence-corrected chi connectivity index (χ2v) is 4.75. The standard InChI is InChI=1S/C14H18N2O3/c1-9-8-12(10(2)19-9)14(18)16-15-13(17)11-6-4-3-5-7-11/h3-4,8,11H,5-7H2,1-2H3,(H,15,17)(H,16,18)/t11-/m1/s1. The lowest BCUT2D eigenvalue weighted by atomic mass is 9.94. The summed E-state index contributed by atoms with van der Waals surface area (Å²) < 4.78 is 5.28. The molecule has 0 aliphatic heterocycles. The molecular weight excluding hydrogens is 244 g/mol. The van der Waals surface area contributed by atoms with Crippen LogP contribution in [0.25, 0.3) is 0 Å². The Kier molecular flexibility index (Phi) is 4.04. The third kappa shape index (κ3) is 3.24. The van der Waals surface area contributed by atoms with Crippen molar-refractivity contribution >= 4 is 11.8 Å². The number of hydrogen-bond acceptors (Lipinski definition) is 3. The molecule has 0 fully saturated rings. The quantitative estimate of drug-likeness (QED) is 0.632. The van der Waals surface area contributed by atoms with Gasteiger partial charge in [-0.2, -0.15) is 0 Å². The van der Waals surface area contributed by atoms with Gasteiger partial charge in [0.05, 0.1) is 5.56 Å². The number of hydrogen-bond donors (Lipinski definition) is 2. The highest BCUT2D eigenvalue weighted by Gasteiger charge is 2.20. The van der Waals surface area contributed by atoms with Gasteiger partial charge in [-0.1, -0.05) is 12.2 Å². The number of aryl methyl sites for hydroxylation is 2. The van der Waals surface area contributed by atoms with Crippen LogP contribution < -0.4 is 10.9 Å². The Labute approximate surface area is 112 Å². The van der Waals surface area contributed by atoms with Crippen molar-refractivity contribution in [2.24, 2.45) is 5.92 Å². The summed E-state index contributed by atoms with van der Waals surface area (Å²) in [7, 11) is 0. The van der Waals surface area contributed by atoms with E-state index in [4.69, 9.17) is 4.42 Å². The second-order valence-electron chi connectivity index (χ2n) is 4.75. The maximum atomic E-state index is 11.9. The van der Waals surface area contributed by atoms with E-state index in [1.165, 1.54) is 0 Å². The molecule has 2 rings (SSSR count). The van der Waals surface area contributed by atoms with Gasteiger partial charge in [-0.3, -0.25) is 20.4 Å². The van der Waals surface area contributed by atoms with Gasteiger partial charge < -0.3 is 4.42 Å². The van der Waals surface area contributed by atoms with E-state index in [0.29, 0.717) is 17.1 Å². The van der Waals surface area contributed by atoms with E-state index in [1.807, 2.05) is 6.08 Å². The van der Waals surface area contributed by atoms with Crippen molar-refractivity contribution in [2.75, 3.05) is 0 Å². The predicted octanol–water partition coefficient (Wildman–Crippen LogP) is 2.01. The average molecular weight is 262 g/mol. The molecule has 2 amide bonds. The van der Waals surface area contributed by atoms with Crippen LogP contribution in [0.5, 0.6) is 0 Å². The molecule has 0 bridgehead atoms. The zero-order chi connectivity index (χ0) is 13.8. The molecule has 0 saturated heterocycles. The third-order valence-electron chi connectivity index (χ3n) is 3.22. The van der Waals surface area contributed by atoms with Crippen LogP contribution >= 0.6 is 0 Å². The fourth-order valence-corrected chi connectivity index (χ4v) is 2.18. The van der Waals surface area contributed by atoms with E-state index in [2.05, 4.69) is 16.9 Å². The SMILES string of the molecule is Cc1cc(C(=O)NNC(=O)[C@@H]2CC=CCC2)c(C)o1. The molecule has 102 valence electrons. The minimum atomic E-state index is -0.353. The number of carbonyl (C=O) groups is 2. The van der Waals surface area contributed by atoms with Gasteiger partial charge in [0.2, 0.25) is 5.91 Å². The zero-order valence-corrected chi connectivity index (χ0v) is 11.2. The van der Waals surface area contributed by atoms with Crippen LogP contribution in [0.1, 0.15) is 41.1 Å². The first-order valence-electron chi connectivity index (χ1n) is 6.40. The molecule has 1 aliphatic rings. The summed E-state index contributed by atoms with van der Waals surface area (Å²) in [6.07, 6.45) is 6.53. The molecule has 0 unspecified atom stereocenters. The number of furan rings is 1. The molecule has 1 aromatic heterocycles. The van der Waals surface area contributed by atoms with E-state index in [1.54, 1.807) is 19.9 Å². The molecule has 1 heterocycles. The fourth-order valence-electron chi connectivity index (χ4n) is 2.18. The molecule has 5 nitrogen and oxygen atoms in total. The number of allylic oxidation sites excluding steroid dienone is 2. The van der Waals surface area contributed by atoms with Crippen molar-refractivity contribution in [1.29, 1.82) is 0 Å². The maximum Gasteiger partial charge on any atom is 0.273 e. The number of hydrazine groups is 1. The summed E-state index contributed by atoms with van der Waals surface area (Å²) in [5, 5.41) is 0. The summed E-state index contributed by atoms with van der Waals surface area (Å²) in [6, 6.07) is 1.65. The Morgan fingerprint density at radius 3 is 2.63 bits per heavy atom. The summed E-state index contributed by atoms with van der Waals surface area (Å²) in [4.78, 5) is 23.7. The Bertz CT molecular complexity index is 517. The highest BCUT2D eigenvalue weighted by atomic mass is 16.3. The molecule has 0 aromatic carbocycles. The van der Waals surface area contributed by atoms with E-state index in [0.717, 1.165) is 19.3 Å². The topological polar surface area (TPSA) is 71.3 Å². The normalized spacial score (nSPS) is 18.1. The van der Waals surface area contributed by atoms with Crippen LogP contribution in [0.4, 0.5) is 0 Å². The van der Waals surface area contributed by atoms with Crippen LogP contribution in [-0.2, 0) is 4.79 Å². The molecule has 0 spiro atoms. The Morgan fingerprint density at radius 1 is 1.26 bits per heavy atom. The van der Waals surface area contributed by atoms with Crippen molar-refractivity contribution in [1.82, 2.24) is 10.9 Å². The van der Waals surface area contributed by atoms with Crippen LogP contribution in [0.15, 0.2) is 22.6 Å². The van der Waals surface area contributed by atoms with Gasteiger partial charge in [0, 0.05) is 5.92 Å². The Hall–Kier alpha value is -2.04. The van der Waals surface area contributed by atoms with Crippen molar-refractivity contribution in [3.8, 4) is 0 Å². The Balaban J connectivity index is 1.88. The lowest BCUT2D eigenvalue weighted by Gasteiger charge is -2.17. The lowest BCUT2D eigenvalue weighted by Crippen LogP contribution is -2.44. The molecule has 19 heavy (non-hydrogen) atoms. The zero-order valence-electron chi connectivity index (χ0n) is 11.2. The van der Waals surface area contributed by atoms with E-state index in [-0.39, 0.29) is 17.7 Å². The van der Waals surface area contributed by atoms with Gasteiger partial charge in [0.15, 0.2) is 0 Å². The van der Waals surface area contributed by atoms with Crippen LogP contribution in [0.3, 0.4) is 0 Å². The molecule has 1 atom stereocenters. The second kappa shape index (κ2) is 5.73. The fraction of sp³-hybridized carbons (Fsp3) is 0.429. The van der Waals surface area contributed by atoms with Gasteiger partial charge in [0.25, 0.3) is 5.91 Å². The minimum absolute atomic E-state index is 0.0579. The summed E-state index contributed by atoms with van der Waals surface area (Å²) in [6.45, 7) is 3.49. The van der Waals surface area contributed by atoms with Crippen molar-refractivity contribution in [3.05, 3.63) is 35.3 Å². The number of rotatable bonds is 2. The first-order valence-corrected chi connectivity index (χ1v) is 6.40. The highest BCUT2D eigenvalue weighted by molar-refractivity contribution is 5.96. The lowest BCUT2D eigenvalue weighted by molar-refractivity contribution is -0.126. The molecule has 5 heteroatoms. The predicted molar refractivity (Wildman–Crippen MR) is 70.3 cm³/mol. The van der Waals surface area contributed by atoms with Gasteiger partial charge in [-0.15, -0.1) is 0 Å². The summed E-state index contributed by atoms with van der Waals surface area (Å²) in [5.74, 6) is 0.665. The minimum Gasteiger partial charge on any atom is -0.466 e. The summed E-state index contributed by atoms with van der Waals surface area (Å²) >= 11 is 0. The van der Waals surface area contributed by atoms with Crippen LogP contribution in [0.2, 0.25) is 0 Å². The van der Waals surface area contributed by atoms with Gasteiger partial charge in [0.1, 0.15) is 11.5 Å². The van der Waals surface area contributed by atoms with Crippen molar-refractivity contribution in [3.63, 3.8) is 0 Å². The monoisotopic (exact) mass is 262 g/mol. The molecular formula is C14H18N2O3. The van der Waals surface area contributed by atoms with Gasteiger partial charge >= 0.3 is 0 Å². The largest absolute Gasteiger partial charge is 0.466 e. The molecule has 1 aliphatic carbocycles. The summed E-state index contributed by atoms with van der Waals surface area (Å²) in [5.41, 5.74) is 5.35. The van der Waals surface area contributed by atoms with E-state index >= 15 is 0 Å². The maximum absolute atomic E-state index is 11.9. The highest BCUT2D eigenvalue weighted by Crippen LogP contribution is 2.18. The van der Waals surface area contributed by atoms with E-state index in [9.17, 15) is 9.59 Å². The number of carbonyl (C=O) groups excluding carboxylic acids is 2. The molecule has 1 aromatic rings. The number of amides is 2. The van der Waals surface area contributed by atoms with Crippen molar-refractivity contribution in [2.45, 2.75) is 33.1 Å². The first-order chi connectivity index (χ1) is 9.08. The van der Waals surface area contributed by atoms with Gasteiger partial charge in [-0.25, -0.2) is 0 Å². The first kappa shape index (κ1) is 13.4. The smallest absolute Gasteiger partial charge is 0.273 e.